The molecule has 56 heavy (non-hydrogen) atoms. The smallest absolute Gasteiger partial charge is 0.224 e. The molecule has 0 radical (unpaired) electrons. The summed E-state index contributed by atoms with van der Waals surface area (Å²) < 4.78 is 2.47. The Morgan fingerprint density at radius 1 is 0.804 bits per heavy atom. The number of hydrogen-bond acceptors (Lipinski definition) is 4. The number of benzene rings is 3. The molecular weight excluding hydrogens is 709 g/mol. The number of thioether (sulfide) groups is 1. The minimum absolute atomic E-state index is 0.0153. The van der Waals surface area contributed by atoms with Crippen LogP contribution in [0.15, 0.2) is 124 Å². The standard InChI is InChI=1S/C49H60N4O2S/c1-8-11-34-50-45(54)24-17-25-46(55)51-37-28-30-38(31-29-37)56-47-35(26-32-43-48(4,5)39-20-12-14-22-41(39)52(43)9-2)18-16-19-36(47)27-33-44-49(6,7)40-21-13-15-23-42(40)53(44)10-3/h12-15,20-23,26-33H,8-11,16-19,24-25,34H2,1-7H3,(H-,50,51,54,55)/p+1. The van der Waals surface area contributed by atoms with E-state index in [0.717, 1.165) is 55.8 Å². The van der Waals surface area contributed by atoms with Gasteiger partial charge in [-0.2, -0.15) is 4.58 Å². The molecule has 6 nitrogen and oxygen atoms in total. The van der Waals surface area contributed by atoms with Crippen LogP contribution in [0.3, 0.4) is 0 Å². The van der Waals surface area contributed by atoms with Gasteiger partial charge in [-0.3, -0.25) is 9.59 Å². The van der Waals surface area contributed by atoms with Crippen LogP contribution in [-0.2, 0) is 20.4 Å². The van der Waals surface area contributed by atoms with Crippen molar-refractivity contribution in [1.82, 2.24) is 5.32 Å². The van der Waals surface area contributed by atoms with Crippen LogP contribution in [-0.4, -0.2) is 41.7 Å². The van der Waals surface area contributed by atoms with Gasteiger partial charge in [-0.05, 0) is 113 Å². The van der Waals surface area contributed by atoms with Crippen LogP contribution < -0.4 is 15.5 Å². The Balaban J connectivity index is 1.28. The first-order valence-electron chi connectivity index (χ1n) is 20.8. The van der Waals surface area contributed by atoms with Crippen molar-refractivity contribution in [1.29, 1.82) is 0 Å². The lowest BCUT2D eigenvalue weighted by Gasteiger charge is -2.26. The van der Waals surface area contributed by atoms with Crippen LogP contribution in [0.25, 0.3) is 0 Å². The van der Waals surface area contributed by atoms with Crippen LogP contribution in [0.1, 0.15) is 111 Å². The molecule has 0 unspecified atom stereocenters. The maximum atomic E-state index is 12.7. The second-order valence-electron chi connectivity index (χ2n) is 16.2. The van der Waals surface area contributed by atoms with Gasteiger partial charge in [0.15, 0.2) is 5.71 Å². The molecular formula is C49H61N4O2S+. The molecule has 6 rings (SSSR count). The highest BCUT2D eigenvalue weighted by molar-refractivity contribution is 8.03. The Labute approximate surface area is 339 Å². The topological polar surface area (TPSA) is 64.5 Å². The van der Waals surface area contributed by atoms with Crippen molar-refractivity contribution in [2.75, 3.05) is 29.9 Å². The number of fused-ring (bicyclic) bond motifs is 2. The highest BCUT2D eigenvalue weighted by atomic mass is 32.2. The lowest BCUT2D eigenvalue weighted by atomic mass is 9.81. The molecule has 0 saturated heterocycles. The lowest BCUT2D eigenvalue weighted by molar-refractivity contribution is -0.433. The quantitative estimate of drug-likeness (QED) is 0.119. The van der Waals surface area contributed by atoms with Crippen molar-refractivity contribution >= 4 is 46.4 Å². The first-order valence-corrected chi connectivity index (χ1v) is 21.6. The van der Waals surface area contributed by atoms with Crippen molar-refractivity contribution in [2.24, 2.45) is 0 Å². The Bertz CT molecular complexity index is 2080. The Kier molecular flexibility index (Phi) is 13.3. The molecule has 2 aliphatic heterocycles. The summed E-state index contributed by atoms with van der Waals surface area (Å²) in [5.74, 6) is -0.0531. The zero-order valence-electron chi connectivity index (χ0n) is 34.6. The molecule has 2 amide bonds. The van der Waals surface area contributed by atoms with Gasteiger partial charge in [-0.1, -0.05) is 87.5 Å². The number of para-hydroxylation sites is 2. The van der Waals surface area contributed by atoms with Gasteiger partial charge in [0.25, 0.3) is 0 Å². The fourth-order valence-electron chi connectivity index (χ4n) is 8.52. The molecule has 3 aliphatic rings. The molecule has 7 heteroatoms. The highest BCUT2D eigenvalue weighted by Gasteiger charge is 2.43. The third-order valence-corrected chi connectivity index (χ3v) is 12.8. The predicted octanol–water partition coefficient (Wildman–Crippen LogP) is 11.5. The summed E-state index contributed by atoms with van der Waals surface area (Å²) >= 11 is 1.82. The van der Waals surface area contributed by atoms with Gasteiger partial charge in [0.2, 0.25) is 17.5 Å². The Morgan fingerprint density at radius 2 is 1.52 bits per heavy atom. The molecule has 2 N–H and O–H groups in total. The maximum absolute atomic E-state index is 12.7. The molecule has 0 spiro atoms. The molecule has 0 atom stereocenters. The number of likely N-dealkylation sites (N-methyl/N-ethyl adjacent to an activating group) is 1. The van der Waals surface area contributed by atoms with Gasteiger partial charge in [0.05, 0.1) is 5.41 Å². The van der Waals surface area contributed by atoms with E-state index in [-0.39, 0.29) is 22.6 Å². The van der Waals surface area contributed by atoms with Crippen LogP contribution in [0.5, 0.6) is 0 Å². The molecule has 0 aromatic heterocycles. The van der Waals surface area contributed by atoms with Crippen LogP contribution in [0.2, 0.25) is 0 Å². The fraction of sp³-hybridized carbons (Fsp3) is 0.408. The number of anilines is 2. The highest BCUT2D eigenvalue weighted by Crippen LogP contribution is 2.48. The molecule has 1 aliphatic carbocycles. The van der Waals surface area contributed by atoms with E-state index >= 15 is 0 Å². The van der Waals surface area contributed by atoms with E-state index in [4.69, 9.17) is 0 Å². The number of nitrogens with zero attached hydrogens (tertiary/aromatic N) is 2. The third kappa shape index (κ3) is 8.83. The Morgan fingerprint density at radius 3 is 2.25 bits per heavy atom. The number of nitrogens with one attached hydrogen (secondary N) is 2. The fourth-order valence-corrected chi connectivity index (χ4v) is 9.63. The average Bonchev–Trinajstić information content (AvgIpc) is 3.55. The number of allylic oxidation sites excluding steroid dienone is 7. The van der Waals surface area contributed by atoms with Crippen molar-refractivity contribution < 1.29 is 14.2 Å². The summed E-state index contributed by atoms with van der Waals surface area (Å²) in [6.07, 6.45) is 15.9. The minimum atomic E-state index is -0.0945. The summed E-state index contributed by atoms with van der Waals surface area (Å²) in [4.78, 5) is 29.7. The molecule has 3 aromatic carbocycles. The zero-order valence-corrected chi connectivity index (χ0v) is 35.5. The van der Waals surface area contributed by atoms with Crippen LogP contribution >= 0.6 is 11.8 Å². The van der Waals surface area contributed by atoms with E-state index in [0.29, 0.717) is 25.8 Å². The number of rotatable bonds is 15. The second-order valence-corrected chi connectivity index (χ2v) is 17.3. The van der Waals surface area contributed by atoms with Gasteiger partial charge >= 0.3 is 0 Å². The van der Waals surface area contributed by atoms with E-state index in [1.807, 2.05) is 23.9 Å². The van der Waals surface area contributed by atoms with E-state index in [2.05, 4.69) is 154 Å². The number of unbranched alkanes of at least 4 members (excludes halogenated alkanes) is 1. The van der Waals surface area contributed by atoms with Gasteiger partial charge in [-0.25, -0.2) is 0 Å². The number of carbonyl (C=O) groups is 2. The van der Waals surface area contributed by atoms with Crippen molar-refractivity contribution in [3.8, 4) is 0 Å². The molecule has 3 aromatic rings. The molecule has 0 bridgehead atoms. The van der Waals surface area contributed by atoms with E-state index in [1.54, 1.807) is 0 Å². The minimum Gasteiger partial charge on any atom is -0.356 e. The Hall–Kier alpha value is -4.62. The van der Waals surface area contributed by atoms with Gasteiger partial charge in [-0.15, -0.1) is 0 Å². The molecule has 2 heterocycles. The summed E-state index contributed by atoms with van der Waals surface area (Å²) in [5, 5.41) is 5.96. The van der Waals surface area contributed by atoms with E-state index in [1.165, 1.54) is 50.0 Å². The van der Waals surface area contributed by atoms with E-state index < -0.39 is 0 Å². The molecule has 0 saturated carbocycles. The van der Waals surface area contributed by atoms with Crippen molar-refractivity contribution in [3.63, 3.8) is 0 Å². The summed E-state index contributed by atoms with van der Waals surface area (Å²) in [5.41, 5.74) is 11.3. The SMILES string of the molecule is CCCCNC(=O)CCCC(=O)Nc1ccc(SC2=C(/C=C/C3=[N+](CC)c4ccccc4C3(C)C)CCC/C2=C\C=C2\N(CC)c3ccccc3C2(C)C)cc1. The van der Waals surface area contributed by atoms with Crippen molar-refractivity contribution in [2.45, 2.75) is 116 Å². The zero-order chi connectivity index (χ0) is 39.9. The summed E-state index contributed by atoms with van der Waals surface area (Å²) in [7, 11) is 0. The number of hydrogen-bond donors (Lipinski definition) is 2. The normalized spacial score (nSPS) is 18.6. The van der Waals surface area contributed by atoms with Crippen LogP contribution in [0.4, 0.5) is 17.1 Å². The van der Waals surface area contributed by atoms with E-state index in [9.17, 15) is 9.59 Å². The molecule has 294 valence electrons. The lowest BCUT2D eigenvalue weighted by Crippen LogP contribution is -2.27. The number of carbonyl (C=O) groups excluding carboxylic acids is 2. The van der Waals surface area contributed by atoms with Crippen LogP contribution in [0, 0.1) is 0 Å². The molecule has 0 fully saturated rings. The first kappa shape index (κ1) is 41.0. The second kappa shape index (κ2) is 18.1. The summed E-state index contributed by atoms with van der Waals surface area (Å²) in [6, 6.07) is 25.9. The number of amides is 2. The maximum Gasteiger partial charge on any atom is 0.224 e. The van der Waals surface area contributed by atoms with Gasteiger partial charge in [0, 0.05) is 75.9 Å². The summed E-state index contributed by atoms with van der Waals surface area (Å²) in [6.45, 7) is 18.5. The van der Waals surface area contributed by atoms with Gasteiger partial charge < -0.3 is 15.5 Å². The van der Waals surface area contributed by atoms with Gasteiger partial charge in [0.1, 0.15) is 6.54 Å². The average molecular weight is 770 g/mol. The monoisotopic (exact) mass is 769 g/mol. The van der Waals surface area contributed by atoms with Crippen molar-refractivity contribution in [3.05, 3.63) is 130 Å². The first-order chi connectivity index (χ1) is 27.0. The predicted molar refractivity (Wildman–Crippen MR) is 236 cm³/mol. The largest absolute Gasteiger partial charge is 0.356 e. The third-order valence-electron chi connectivity index (χ3n) is 11.6.